The Hall–Kier alpha value is -1.69. The molecule has 0 unspecified atom stereocenters. The van der Waals surface area contributed by atoms with Crippen molar-refractivity contribution >= 4 is 17.7 Å². The highest BCUT2D eigenvalue weighted by molar-refractivity contribution is 5.92. The molecule has 0 amide bonds. The van der Waals surface area contributed by atoms with E-state index in [4.69, 9.17) is 9.47 Å². The highest BCUT2D eigenvalue weighted by Gasteiger charge is 2.02. The summed E-state index contributed by atoms with van der Waals surface area (Å²) in [4.78, 5) is 32.9. The summed E-state index contributed by atoms with van der Waals surface area (Å²) in [7, 11) is 0. The summed E-state index contributed by atoms with van der Waals surface area (Å²) in [6.07, 6.45) is 5.73. The Morgan fingerprint density at radius 1 is 0.857 bits per heavy atom. The Labute approximate surface area is 125 Å². The number of carbonyl (C=O) groups is 3. The number of hydrogen-bond donors (Lipinski definition) is 0. The molecule has 0 aromatic rings. The fourth-order valence-electron chi connectivity index (χ4n) is 1.38. The SMILES string of the molecule is CCOCCCCCCOC(=O)/C=C/C(=O)OCC(C)=O. The zero-order valence-corrected chi connectivity index (χ0v) is 12.8. The van der Waals surface area contributed by atoms with Gasteiger partial charge in [0, 0.05) is 25.4 Å². The van der Waals surface area contributed by atoms with Crippen LogP contribution in [0.4, 0.5) is 0 Å². The third-order valence-corrected chi connectivity index (χ3v) is 2.40. The van der Waals surface area contributed by atoms with Gasteiger partial charge in [-0.05, 0) is 33.1 Å². The number of ketones is 1. The molecule has 0 saturated carbocycles. The molecule has 0 bridgehead atoms. The molecule has 0 heterocycles. The lowest BCUT2D eigenvalue weighted by atomic mass is 10.2. The van der Waals surface area contributed by atoms with Crippen molar-refractivity contribution in [1.29, 1.82) is 0 Å². The third-order valence-electron chi connectivity index (χ3n) is 2.40. The third kappa shape index (κ3) is 14.5. The number of esters is 2. The number of rotatable bonds is 12. The van der Waals surface area contributed by atoms with Crippen LogP contribution in [0.25, 0.3) is 0 Å². The minimum Gasteiger partial charge on any atom is -0.463 e. The molecular weight excluding hydrogens is 276 g/mol. The average molecular weight is 300 g/mol. The van der Waals surface area contributed by atoms with E-state index in [2.05, 4.69) is 4.74 Å². The van der Waals surface area contributed by atoms with Crippen LogP contribution in [0.2, 0.25) is 0 Å². The molecule has 0 atom stereocenters. The van der Waals surface area contributed by atoms with E-state index >= 15 is 0 Å². The molecule has 120 valence electrons. The Morgan fingerprint density at radius 3 is 2.00 bits per heavy atom. The molecule has 6 nitrogen and oxygen atoms in total. The molecule has 0 rings (SSSR count). The van der Waals surface area contributed by atoms with Crippen LogP contribution in [0, 0.1) is 0 Å². The lowest BCUT2D eigenvalue weighted by Gasteiger charge is -2.03. The summed E-state index contributed by atoms with van der Waals surface area (Å²) in [5.74, 6) is -1.59. The van der Waals surface area contributed by atoms with Gasteiger partial charge in [-0.2, -0.15) is 0 Å². The summed E-state index contributed by atoms with van der Waals surface area (Å²) in [6, 6.07) is 0. The van der Waals surface area contributed by atoms with Crippen molar-refractivity contribution in [3.63, 3.8) is 0 Å². The van der Waals surface area contributed by atoms with E-state index in [0.717, 1.165) is 51.0 Å². The zero-order chi connectivity index (χ0) is 15.9. The molecule has 0 aromatic carbocycles. The van der Waals surface area contributed by atoms with Crippen LogP contribution in [0.1, 0.15) is 39.5 Å². The molecule has 0 N–H and O–H groups in total. The van der Waals surface area contributed by atoms with Gasteiger partial charge in [-0.15, -0.1) is 0 Å². The molecule has 0 aliphatic rings. The largest absolute Gasteiger partial charge is 0.463 e. The summed E-state index contributed by atoms with van der Waals surface area (Å²) in [5, 5.41) is 0. The zero-order valence-electron chi connectivity index (χ0n) is 12.8. The normalized spacial score (nSPS) is 10.6. The lowest BCUT2D eigenvalue weighted by molar-refractivity contribution is -0.143. The van der Waals surface area contributed by atoms with Crippen molar-refractivity contribution in [2.45, 2.75) is 39.5 Å². The van der Waals surface area contributed by atoms with E-state index in [1.807, 2.05) is 6.92 Å². The summed E-state index contributed by atoms with van der Waals surface area (Å²) >= 11 is 0. The smallest absolute Gasteiger partial charge is 0.331 e. The molecule has 0 spiro atoms. The predicted octanol–water partition coefficient (Wildman–Crippen LogP) is 1.81. The number of hydrogen-bond acceptors (Lipinski definition) is 6. The van der Waals surface area contributed by atoms with Crippen molar-refractivity contribution in [3.05, 3.63) is 12.2 Å². The Morgan fingerprint density at radius 2 is 1.43 bits per heavy atom. The molecule has 0 fully saturated rings. The van der Waals surface area contributed by atoms with Crippen LogP contribution >= 0.6 is 0 Å². The van der Waals surface area contributed by atoms with Crippen molar-refractivity contribution in [1.82, 2.24) is 0 Å². The molecule has 0 radical (unpaired) electrons. The number of unbranched alkanes of at least 4 members (excludes halogenated alkanes) is 3. The van der Waals surface area contributed by atoms with Gasteiger partial charge in [-0.3, -0.25) is 4.79 Å². The maximum absolute atomic E-state index is 11.3. The lowest BCUT2D eigenvalue weighted by Crippen LogP contribution is -2.10. The van der Waals surface area contributed by atoms with Crippen LogP contribution in [-0.4, -0.2) is 44.1 Å². The first-order chi connectivity index (χ1) is 10.1. The Balaban J connectivity index is 3.53. The topological polar surface area (TPSA) is 78.9 Å². The second-order valence-corrected chi connectivity index (χ2v) is 4.42. The van der Waals surface area contributed by atoms with Gasteiger partial charge >= 0.3 is 11.9 Å². The van der Waals surface area contributed by atoms with E-state index in [9.17, 15) is 14.4 Å². The van der Waals surface area contributed by atoms with Gasteiger partial charge in [-0.1, -0.05) is 6.42 Å². The fourth-order valence-corrected chi connectivity index (χ4v) is 1.38. The monoisotopic (exact) mass is 300 g/mol. The average Bonchev–Trinajstić information content (AvgIpc) is 2.45. The van der Waals surface area contributed by atoms with Crippen molar-refractivity contribution in [3.8, 4) is 0 Å². The second-order valence-electron chi connectivity index (χ2n) is 4.42. The Kier molecular flexibility index (Phi) is 12.2. The van der Waals surface area contributed by atoms with E-state index in [1.165, 1.54) is 6.92 Å². The summed E-state index contributed by atoms with van der Waals surface area (Å²) in [5.41, 5.74) is 0. The number of Topliss-reactive ketones (excluding diaryl/α,β-unsaturated/α-hetero) is 1. The van der Waals surface area contributed by atoms with Crippen molar-refractivity contribution in [2.75, 3.05) is 26.4 Å². The molecular formula is C15H24O6. The first-order valence-electron chi connectivity index (χ1n) is 7.15. The van der Waals surface area contributed by atoms with Crippen LogP contribution < -0.4 is 0 Å². The number of carbonyl (C=O) groups excluding carboxylic acids is 3. The molecule has 0 saturated heterocycles. The van der Waals surface area contributed by atoms with Gasteiger partial charge in [0.25, 0.3) is 0 Å². The van der Waals surface area contributed by atoms with Gasteiger partial charge in [0.15, 0.2) is 5.78 Å². The molecule has 0 aliphatic carbocycles. The number of ether oxygens (including phenoxy) is 3. The van der Waals surface area contributed by atoms with Gasteiger partial charge in [-0.25, -0.2) is 9.59 Å². The predicted molar refractivity (Wildman–Crippen MR) is 76.7 cm³/mol. The minimum atomic E-state index is -0.738. The highest BCUT2D eigenvalue weighted by Crippen LogP contribution is 2.00. The van der Waals surface area contributed by atoms with Crippen LogP contribution in [-0.2, 0) is 28.6 Å². The van der Waals surface area contributed by atoms with Crippen LogP contribution in [0.15, 0.2) is 12.2 Å². The molecule has 6 heteroatoms. The van der Waals surface area contributed by atoms with Gasteiger partial charge in [0.05, 0.1) is 6.61 Å². The van der Waals surface area contributed by atoms with Gasteiger partial charge in [0.1, 0.15) is 6.61 Å². The summed E-state index contributed by atoms with van der Waals surface area (Å²) in [6.45, 7) is 4.79. The van der Waals surface area contributed by atoms with E-state index < -0.39 is 11.9 Å². The maximum Gasteiger partial charge on any atom is 0.331 e. The first kappa shape index (κ1) is 19.3. The van der Waals surface area contributed by atoms with E-state index in [0.29, 0.717) is 6.61 Å². The molecule has 0 aliphatic heterocycles. The van der Waals surface area contributed by atoms with E-state index in [-0.39, 0.29) is 12.4 Å². The molecule has 21 heavy (non-hydrogen) atoms. The van der Waals surface area contributed by atoms with E-state index in [1.54, 1.807) is 0 Å². The fraction of sp³-hybridized carbons (Fsp3) is 0.667. The Bertz CT molecular complexity index is 348. The standard InChI is InChI=1S/C15H24O6/c1-3-19-10-6-4-5-7-11-20-14(17)8-9-15(18)21-12-13(2)16/h8-9H,3-7,10-12H2,1-2H3/b9-8+. The van der Waals surface area contributed by atoms with Gasteiger partial charge in [0.2, 0.25) is 0 Å². The van der Waals surface area contributed by atoms with Crippen LogP contribution in [0.5, 0.6) is 0 Å². The van der Waals surface area contributed by atoms with Crippen molar-refractivity contribution in [2.24, 2.45) is 0 Å². The van der Waals surface area contributed by atoms with Gasteiger partial charge < -0.3 is 14.2 Å². The van der Waals surface area contributed by atoms with Crippen molar-refractivity contribution < 1.29 is 28.6 Å². The second kappa shape index (κ2) is 13.3. The molecule has 0 aromatic heterocycles. The summed E-state index contributed by atoms with van der Waals surface area (Å²) < 4.78 is 14.7. The quantitative estimate of drug-likeness (QED) is 0.311. The van der Waals surface area contributed by atoms with Crippen LogP contribution in [0.3, 0.4) is 0 Å². The highest BCUT2D eigenvalue weighted by atomic mass is 16.5. The first-order valence-corrected chi connectivity index (χ1v) is 7.15. The maximum atomic E-state index is 11.3. The minimum absolute atomic E-state index is 0.260.